The smallest absolute Gasteiger partial charge is 0.340 e. The van der Waals surface area contributed by atoms with Crippen LogP contribution in [0.15, 0.2) is 36.0 Å². The second-order valence-corrected chi connectivity index (χ2v) is 5.53. The van der Waals surface area contributed by atoms with E-state index in [0.29, 0.717) is 36.7 Å². The first kappa shape index (κ1) is 20.5. The van der Waals surface area contributed by atoms with Crippen molar-refractivity contribution >= 4 is 29.2 Å². The van der Waals surface area contributed by atoms with E-state index in [2.05, 4.69) is 10.6 Å². The summed E-state index contributed by atoms with van der Waals surface area (Å²) < 4.78 is 5.20. The molecule has 1 amide bonds. The number of esters is 1. The molecule has 6 nitrogen and oxygen atoms in total. The van der Waals surface area contributed by atoms with Crippen LogP contribution in [0.25, 0.3) is 0 Å². The van der Waals surface area contributed by atoms with Gasteiger partial charge in [0.15, 0.2) is 0 Å². The molecule has 1 aromatic rings. The quantitative estimate of drug-likeness (QED) is 0.219. The molecule has 2 N–H and O–H groups in total. The van der Waals surface area contributed by atoms with Crippen LogP contribution in [0, 0.1) is 11.3 Å². The number of ether oxygens (including phenoxy) is 1. The molecule has 0 atom stereocenters. The molecular weight excluding hydrogens is 342 g/mol. The van der Waals surface area contributed by atoms with Gasteiger partial charge in [-0.1, -0.05) is 25.5 Å². The van der Waals surface area contributed by atoms with Crippen molar-refractivity contribution in [1.29, 1.82) is 5.26 Å². The number of rotatable bonds is 10. The highest BCUT2D eigenvalue weighted by atomic mass is 35.5. The van der Waals surface area contributed by atoms with Gasteiger partial charge in [-0.3, -0.25) is 4.79 Å². The molecule has 0 saturated carbocycles. The maximum Gasteiger partial charge on any atom is 0.340 e. The number of unbranched alkanes of at least 4 members (excludes halogenated alkanes) is 1. The zero-order valence-electron chi connectivity index (χ0n) is 14.2. The van der Waals surface area contributed by atoms with Gasteiger partial charge in [0.05, 0.1) is 17.9 Å². The number of nitriles is 1. The van der Waals surface area contributed by atoms with Crippen LogP contribution >= 0.6 is 11.6 Å². The molecule has 25 heavy (non-hydrogen) atoms. The molecule has 0 bridgehead atoms. The Morgan fingerprint density at radius 1 is 1.32 bits per heavy atom. The van der Waals surface area contributed by atoms with Gasteiger partial charge in [-0.05, 0) is 25.0 Å². The van der Waals surface area contributed by atoms with Gasteiger partial charge in [-0.15, -0.1) is 11.6 Å². The van der Waals surface area contributed by atoms with Crippen molar-refractivity contribution in [3.05, 3.63) is 41.6 Å². The summed E-state index contributed by atoms with van der Waals surface area (Å²) in [4.78, 5) is 24.0. The van der Waals surface area contributed by atoms with Crippen LogP contribution in [0.2, 0.25) is 0 Å². The summed E-state index contributed by atoms with van der Waals surface area (Å²) >= 11 is 5.55. The SMILES string of the molecule is CCCCOC(=O)c1ccccc1N/C=C(/C#N)C(=O)NCCCCl. The summed E-state index contributed by atoms with van der Waals surface area (Å²) in [6, 6.07) is 8.58. The summed E-state index contributed by atoms with van der Waals surface area (Å²) in [7, 11) is 0. The number of hydrogen-bond donors (Lipinski definition) is 2. The average Bonchev–Trinajstić information content (AvgIpc) is 2.63. The Kier molecular flexibility index (Phi) is 9.79. The van der Waals surface area contributed by atoms with Crippen molar-refractivity contribution in [2.45, 2.75) is 26.2 Å². The summed E-state index contributed by atoms with van der Waals surface area (Å²) in [6.07, 6.45) is 3.61. The van der Waals surface area contributed by atoms with Crippen LogP contribution in [-0.4, -0.2) is 30.9 Å². The third-order valence-electron chi connectivity index (χ3n) is 3.21. The highest BCUT2D eigenvalue weighted by Gasteiger charge is 2.13. The van der Waals surface area contributed by atoms with Crippen LogP contribution in [0.4, 0.5) is 5.69 Å². The zero-order chi connectivity index (χ0) is 18.5. The van der Waals surface area contributed by atoms with E-state index < -0.39 is 11.9 Å². The molecule has 0 aromatic heterocycles. The first-order valence-electron chi connectivity index (χ1n) is 8.11. The molecule has 0 aliphatic rings. The van der Waals surface area contributed by atoms with Crippen LogP contribution in [0.1, 0.15) is 36.5 Å². The first-order chi connectivity index (χ1) is 12.1. The van der Waals surface area contributed by atoms with Gasteiger partial charge in [0.25, 0.3) is 5.91 Å². The van der Waals surface area contributed by atoms with Gasteiger partial charge in [0.2, 0.25) is 0 Å². The molecule has 0 unspecified atom stereocenters. The molecule has 1 aromatic carbocycles. The predicted octanol–water partition coefficient (Wildman–Crippen LogP) is 3.21. The number of hydrogen-bond acceptors (Lipinski definition) is 5. The maximum absolute atomic E-state index is 12.1. The minimum atomic E-state index is -0.497. The van der Waals surface area contributed by atoms with Crippen molar-refractivity contribution in [1.82, 2.24) is 5.32 Å². The number of alkyl halides is 1. The minimum Gasteiger partial charge on any atom is -0.462 e. The molecule has 0 radical (unpaired) electrons. The van der Waals surface area contributed by atoms with E-state index in [1.54, 1.807) is 24.3 Å². The molecular formula is C18H22ClN3O3. The normalized spacial score (nSPS) is 10.7. The number of amides is 1. The van der Waals surface area contributed by atoms with Gasteiger partial charge in [-0.25, -0.2) is 4.79 Å². The third kappa shape index (κ3) is 7.27. The molecule has 134 valence electrons. The van der Waals surface area contributed by atoms with Crippen molar-refractivity contribution in [2.75, 3.05) is 24.3 Å². The summed E-state index contributed by atoms with van der Waals surface area (Å²) in [6.45, 7) is 2.75. The maximum atomic E-state index is 12.1. The monoisotopic (exact) mass is 363 g/mol. The molecule has 0 fully saturated rings. The van der Waals surface area contributed by atoms with Crippen molar-refractivity contribution in [2.24, 2.45) is 0 Å². The number of carbonyl (C=O) groups is 2. The summed E-state index contributed by atoms with van der Waals surface area (Å²) in [5, 5.41) is 14.5. The standard InChI is InChI=1S/C18H22ClN3O3/c1-2-3-11-25-18(24)15-7-4-5-8-16(15)22-13-14(12-20)17(23)21-10-6-9-19/h4-5,7-8,13,22H,2-3,6,9-11H2,1H3,(H,21,23)/b14-13-. The average molecular weight is 364 g/mol. The summed E-state index contributed by atoms with van der Waals surface area (Å²) in [5.74, 6) is -0.518. The van der Waals surface area contributed by atoms with Crippen molar-refractivity contribution in [3.8, 4) is 6.07 Å². The third-order valence-corrected chi connectivity index (χ3v) is 3.48. The predicted molar refractivity (Wildman–Crippen MR) is 97.3 cm³/mol. The lowest BCUT2D eigenvalue weighted by molar-refractivity contribution is -0.117. The van der Waals surface area contributed by atoms with Gasteiger partial charge in [0.1, 0.15) is 11.6 Å². The fourth-order valence-electron chi connectivity index (χ4n) is 1.84. The Hall–Kier alpha value is -2.52. The molecule has 0 aliphatic heterocycles. The lowest BCUT2D eigenvalue weighted by atomic mass is 10.1. The van der Waals surface area contributed by atoms with Gasteiger partial charge in [0, 0.05) is 18.6 Å². The molecule has 0 aliphatic carbocycles. The largest absolute Gasteiger partial charge is 0.462 e. The molecule has 0 heterocycles. The van der Waals surface area contributed by atoms with E-state index in [9.17, 15) is 9.59 Å². The second-order valence-electron chi connectivity index (χ2n) is 5.15. The molecule has 0 saturated heterocycles. The number of nitrogens with zero attached hydrogens (tertiary/aromatic N) is 1. The zero-order valence-corrected chi connectivity index (χ0v) is 14.9. The Labute approximate surface area is 152 Å². The first-order valence-corrected chi connectivity index (χ1v) is 8.64. The number of nitrogens with one attached hydrogen (secondary N) is 2. The van der Waals surface area contributed by atoms with Gasteiger partial charge < -0.3 is 15.4 Å². The molecule has 0 spiro atoms. The van der Waals surface area contributed by atoms with Crippen LogP contribution in [-0.2, 0) is 9.53 Å². The highest BCUT2D eigenvalue weighted by molar-refractivity contribution is 6.17. The Bertz CT molecular complexity index is 653. The van der Waals surface area contributed by atoms with E-state index in [-0.39, 0.29) is 5.57 Å². The van der Waals surface area contributed by atoms with E-state index in [1.807, 2.05) is 13.0 Å². The van der Waals surface area contributed by atoms with Crippen LogP contribution in [0.3, 0.4) is 0 Å². The fraction of sp³-hybridized carbons (Fsp3) is 0.389. The molecule has 1 rings (SSSR count). The van der Waals surface area contributed by atoms with Crippen molar-refractivity contribution in [3.63, 3.8) is 0 Å². The highest BCUT2D eigenvalue weighted by Crippen LogP contribution is 2.17. The number of anilines is 1. The second kappa shape index (κ2) is 11.9. The Morgan fingerprint density at radius 2 is 2.08 bits per heavy atom. The van der Waals surface area contributed by atoms with E-state index >= 15 is 0 Å². The van der Waals surface area contributed by atoms with E-state index in [0.717, 1.165) is 12.8 Å². The number of carbonyl (C=O) groups excluding carboxylic acids is 2. The topological polar surface area (TPSA) is 91.2 Å². The number of benzene rings is 1. The van der Waals surface area contributed by atoms with Crippen LogP contribution < -0.4 is 10.6 Å². The fourth-order valence-corrected chi connectivity index (χ4v) is 1.97. The molecule has 7 heteroatoms. The van der Waals surface area contributed by atoms with Crippen molar-refractivity contribution < 1.29 is 14.3 Å². The lowest BCUT2D eigenvalue weighted by Crippen LogP contribution is -2.26. The number of halogens is 1. The number of para-hydroxylation sites is 1. The summed E-state index contributed by atoms with van der Waals surface area (Å²) in [5.41, 5.74) is 0.712. The van der Waals surface area contributed by atoms with Crippen LogP contribution in [0.5, 0.6) is 0 Å². The van der Waals surface area contributed by atoms with Gasteiger partial charge in [-0.2, -0.15) is 5.26 Å². The Balaban J connectivity index is 2.79. The Morgan fingerprint density at radius 3 is 2.76 bits per heavy atom. The van der Waals surface area contributed by atoms with E-state index in [1.165, 1.54) is 6.20 Å². The van der Waals surface area contributed by atoms with E-state index in [4.69, 9.17) is 21.6 Å². The minimum absolute atomic E-state index is 0.0938. The lowest BCUT2D eigenvalue weighted by Gasteiger charge is -2.09. The van der Waals surface area contributed by atoms with Gasteiger partial charge >= 0.3 is 5.97 Å².